The smallest absolute Gasteiger partial charge is 0.235 e. The SMILES string of the molecule is [2H]c1c(-c2nc(-n3c4ccccc4c4cc5ccccc5cc43)nc3ccccc23)c([2H])c2oc3cc4ccccc4cc3c2c1[2H].[2H]c1c([2H])c([2H])c2c(-c3c([2H])c([2H])c4c(oc5c([2H])c6c([2H])c([2H])c([2H])c([2H])c6c([2H])c54)c3[2H])nc(-n3c4ccccc4c4cc5ccccc5cc43)nc2c1[2H]. The van der Waals surface area contributed by atoms with Crippen molar-refractivity contribution in [1.29, 1.82) is 0 Å². The molecule has 0 radical (unpaired) electrons. The molecule has 0 unspecified atom stereocenters. The first kappa shape index (κ1) is 35.3. The summed E-state index contributed by atoms with van der Waals surface area (Å²) in [7, 11) is 0. The first-order valence-electron chi connectivity index (χ1n) is 36.4. The van der Waals surface area contributed by atoms with Crippen molar-refractivity contribution in [3.63, 3.8) is 0 Å². The van der Waals surface area contributed by atoms with Gasteiger partial charge in [0.15, 0.2) is 0 Å². The van der Waals surface area contributed by atoms with Gasteiger partial charge in [0, 0.05) is 65.0 Å². The highest BCUT2D eigenvalue weighted by Gasteiger charge is 2.22. The summed E-state index contributed by atoms with van der Waals surface area (Å²) in [5.74, 6) is 0.400. The van der Waals surface area contributed by atoms with Crippen molar-refractivity contribution in [3.05, 3.63) is 279 Å². The van der Waals surface area contributed by atoms with Crippen molar-refractivity contribution >= 4 is 152 Å². The highest BCUT2D eigenvalue weighted by molar-refractivity contribution is 6.17. The minimum Gasteiger partial charge on any atom is -0.456 e. The van der Waals surface area contributed by atoms with Crippen LogP contribution in [0.3, 0.4) is 0 Å². The molecule has 6 heterocycles. The van der Waals surface area contributed by atoms with Gasteiger partial charge in [-0.2, -0.15) is 0 Å². The van der Waals surface area contributed by atoms with Gasteiger partial charge in [0.25, 0.3) is 0 Å². The molecular weight excluding hydrogens is 1080 g/mol. The van der Waals surface area contributed by atoms with E-state index in [9.17, 15) is 8.22 Å². The predicted molar refractivity (Wildman–Crippen MR) is 363 cm³/mol. The van der Waals surface area contributed by atoms with E-state index in [-0.39, 0.29) is 90.1 Å². The molecule has 0 saturated carbocycles. The topological polar surface area (TPSA) is 87.7 Å². The maximum atomic E-state index is 9.50. The normalized spacial score (nSPS) is 14.6. The summed E-state index contributed by atoms with van der Waals surface area (Å²) in [5.41, 5.74) is 4.05. The van der Waals surface area contributed by atoms with E-state index in [0.717, 1.165) is 70.3 Å². The number of para-hydroxylation sites is 4. The Kier molecular flexibility index (Phi) is 7.53. The quantitative estimate of drug-likeness (QED) is 0.174. The summed E-state index contributed by atoms with van der Waals surface area (Å²) in [6, 6.07) is 52.6. The van der Waals surface area contributed by atoms with Gasteiger partial charge >= 0.3 is 0 Å². The van der Waals surface area contributed by atoms with Crippen LogP contribution in [-0.4, -0.2) is 29.1 Å². The zero-order chi connectivity index (χ0) is 71.5. The molecule has 0 fully saturated rings. The molecule has 6 aromatic heterocycles. The lowest BCUT2D eigenvalue weighted by molar-refractivity contribution is 0.669. The maximum absolute atomic E-state index is 9.50. The Hall–Kier alpha value is -12.0. The molecule has 0 aliphatic rings. The van der Waals surface area contributed by atoms with Gasteiger partial charge in [0.05, 0.1) is 66.4 Å². The number of hydrogen-bond donors (Lipinski definition) is 0. The number of furan rings is 2. The summed E-state index contributed by atoms with van der Waals surface area (Å²) < 4.78 is 159. The lowest BCUT2D eigenvalue weighted by atomic mass is 10.0. The summed E-state index contributed by atoms with van der Waals surface area (Å²) in [6.45, 7) is 0. The van der Waals surface area contributed by atoms with Crippen LogP contribution in [0.1, 0.15) is 21.9 Å². The van der Waals surface area contributed by atoms with E-state index in [0.29, 0.717) is 44.5 Å². The average molecular weight is 1140 g/mol. The van der Waals surface area contributed by atoms with Gasteiger partial charge in [0.1, 0.15) is 22.3 Å². The molecule has 14 aromatic carbocycles. The Bertz CT molecular complexity index is 7350. The molecule has 0 atom stereocenters. The van der Waals surface area contributed by atoms with E-state index in [4.69, 9.17) is 42.5 Å². The zero-order valence-corrected chi connectivity index (χ0v) is 45.8. The number of rotatable bonds is 4. The van der Waals surface area contributed by atoms with Gasteiger partial charge < -0.3 is 8.83 Å². The molecule has 8 nitrogen and oxygen atoms in total. The Labute approximate surface area is 523 Å². The molecule has 408 valence electrons. The van der Waals surface area contributed by atoms with Crippen LogP contribution in [0.25, 0.3) is 187 Å². The van der Waals surface area contributed by atoms with Crippen LogP contribution in [0.15, 0.2) is 288 Å². The molecule has 8 heteroatoms. The van der Waals surface area contributed by atoms with E-state index in [1.54, 1.807) is 4.57 Å². The van der Waals surface area contributed by atoms with E-state index < -0.39 is 78.6 Å². The van der Waals surface area contributed by atoms with Crippen molar-refractivity contribution in [2.45, 2.75) is 0 Å². The third-order valence-electron chi connectivity index (χ3n) is 16.6. The van der Waals surface area contributed by atoms with Gasteiger partial charge in [-0.05, 0) is 140 Å². The fourth-order valence-corrected chi connectivity index (χ4v) is 12.6. The van der Waals surface area contributed by atoms with Crippen molar-refractivity contribution in [3.8, 4) is 34.4 Å². The van der Waals surface area contributed by atoms with Crippen molar-refractivity contribution < 1.29 is 30.8 Å². The second kappa shape index (κ2) is 18.7. The summed E-state index contributed by atoms with van der Waals surface area (Å²) in [5, 5.41) is 10.8. The predicted octanol–water partition coefficient (Wildman–Crippen LogP) is 21.2. The van der Waals surface area contributed by atoms with Crippen LogP contribution in [0.5, 0.6) is 0 Å². The van der Waals surface area contributed by atoms with Crippen LogP contribution in [0, 0.1) is 0 Å². The first-order valence-corrected chi connectivity index (χ1v) is 28.4. The van der Waals surface area contributed by atoms with Crippen LogP contribution < -0.4 is 0 Å². The largest absolute Gasteiger partial charge is 0.456 e. The van der Waals surface area contributed by atoms with E-state index >= 15 is 0 Å². The second-order valence-corrected chi connectivity index (χ2v) is 21.6. The average Bonchev–Trinajstić information content (AvgIpc) is 1.55. The van der Waals surface area contributed by atoms with Crippen molar-refractivity contribution in [1.82, 2.24) is 29.1 Å². The van der Waals surface area contributed by atoms with E-state index in [1.165, 1.54) is 0 Å². The van der Waals surface area contributed by atoms with Gasteiger partial charge in [-0.3, -0.25) is 9.13 Å². The zero-order valence-electron chi connectivity index (χ0n) is 61.8. The number of nitrogens with zero attached hydrogens (tertiary/aromatic N) is 6. The molecule has 0 aliphatic carbocycles. The van der Waals surface area contributed by atoms with Crippen molar-refractivity contribution in [2.24, 2.45) is 0 Å². The molecule has 0 saturated heterocycles. The number of aromatic nitrogens is 6. The highest BCUT2D eigenvalue weighted by atomic mass is 16.3. The van der Waals surface area contributed by atoms with Gasteiger partial charge in [-0.1, -0.05) is 182 Å². The summed E-state index contributed by atoms with van der Waals surface area (Å²) in [4.78, 5) is 19.8. The molecule has 0 N–H and O–H groups in total. The molecule has 0 aliphatic heterocycles. The monoisotopic (exact) mass is 1140 g/mol. The molecule has 0 amide bonds. The van der Waals surface area contributed by atoms with Gasteiger partial charge in [-0.25, -0.2) is 19.9 Å². The van der Waals surface area contributed by atoms with Gasteiger partial charge in [-0.15, -0.1) is 0 Å². The van der Waals surface area contributed by atoms with E-state index in [2.05, 4.69) is 41.0 Å². The number of fused-ring (bicyclic) bond motifs is 18. The highest BCUT2D eigenvalue weighted by Crippen LogP contribution is 2.41. The molecular formula is C80H46N6O2. The third kappa shape index (κ3) is 7.45. The minimum atomic E-state index is -0.615. The Morgan fingerprint density at radius 1 is 0.273 bits per heavy atom. The number of benzene rings is 14. The Morgan fingerprint density at radius 3 is 1.33 bits per heavy atom. The van der Waals surface area contributed by atoms with Crippen LogP contribution in [0.4, 0.5) is 0 Å². The van der Waals surface area contributed by atoms with Gasteiger partial charge in [0.2, 0.25) is 11.9 Å². The molecule has 0 bridgehead atoms. The Morgan fingerprint density at radius 2 is 0.716 bits per heavy atom. The van der Waals surface area contributed by atoms with Crippen LogP contribution in [-0.2, 0) is 0 Å². The van der Waals surface area contributed by atoms with Crippen LogP contribution in [0.2, 0.25) is 0 Å². The molecule has 20 aromatic rings. The summed E-state index contributed by atoms with van der Waals surface area (Å²) >= 11 is 0. The molecule has 88 heavy (non-hydrogen) atoms. The minimum absolute atomic E-state index is 0.00704. The fourth-order valence-electron chi connectivity index (χ4n) is 12.6. The van der Waals surface area contributed by atoms with E-state index in [1.807, 2.05) is 146 Å². The lowest BCUT2D eigenvalue weighted by Crippen LogP contribution is -2.03. The lowest BCUT2D eigenvalue weighted by Gasteiger charge is -2.12. The standard InChI is InChI=1S/2C40H23N3O/c2*1-3-11-26-21-36-32(19-24(26)9-1)29-13-6-8-16-35(29)43(36)40-41-34-15-7-5-14-31(34)39(42-40)28-17-18-30-33-20-25-10-2-4-12-27(25)22-38(33)44-37(30)23-28/h2*1-23H/i2D,4D,5D,7D,10D,12D,14D,15D,17D,18D,20D,22D,23D;17D,18D,23D. The third-order valence-corrected chi connectivity index (χ3v) is 16.6. The van der Waals surface area contributed by atoms with Crippen molar-refractivity contribution in [2.75, 3.05) is 0 Å². The Balaban J connectivity index is 0.000000146. The van der Waals surface area contributed by atoms with Crippen LogP contribution >= 0.6 is 0 Å². The fraction of sp³-hybridized carbons (Fsp3) is 0. The molecule has 20 rings (SSSR count). The summed E-state index contributed by atoms with van der Waals surface area (Å²) in [6.07, 6.45) is 0. The molecule has 0 spiro atoms. The number of hydrogen-bond acceptors (Lipinski definition) is 6. The maximum Gasteiger partial charge on any atom is 0.235 e. The first-order chi connectivity index (χ1) is 50.3. The second-order valence-electron chi connectivity index (χ2n) is 21.6.